The average Bonchev–Trinajstić information content (AvgIpc) is 3.11. The Kier molecular flexibility index (Phi) is 8.75. The molecular weight excluding hydrogens is 467 g/mol. The summed E-state index contributed by atoms with van der Waals surface area (Å²) in [5.74, 6) is 1.89. The van der Waals surface area contributed by atoms with Crippen LogP contribution in [-0.4, -0.2) is 52.5 Å². The Balaban J connectivity index is 0.00000280. The van der Waals surface area contributed by atoms with E-state index in [1.54, 1.807) is 4.90 Å². The van der Waals surface area contributed by atoms with Crippen LogP contribution in [0.4, 0.5) is 0 Å². The SMILES string of the molecule is CCNC(=NCc1nccn1Cc1ccccc1)NC1CCC(=O)N(C)C1.I. The number of amides is 1. The zero-order valence-electron chi connectivity index (χ0n) is 16.5. The van der Waals surface area contributed by atoms with Crippen LogP contribution in [0.3, 0.4) is 0 Å². The van der Waals surface area contributed by atoms with Gasteiger partial charge in [-0.2, -0.15) is 0 Å². The minimum atomic E-state index is 0. The van der Waals surface area contributed by atoms with Crippen LogP contribution in [0.1, 0.15) is 31.2 Å². The minimum absolute atomic E-state index is 0. The molecule has 2 aromatic rings. The zero-order chi connectivity index (χ0) is 19.1. The number of carbonyl (C=O) groups is 1. The Morgan fingerprint density at radius 2 is 2.11 bits per heavy atom. The standard InChI is InChI=1S/C20H28N6O.HI/c1-3-21-20(24-17-9-10-19(27)25(2)15-17)23-13-18-22-11-12-26(18)14-16-7-5-4-6-8-16;/h4-8,11-12,17H,3,9-10,13-15H2,1-2H3,(H2,21,23,24);1H. The van der Waals surface area contributed by atoms with E-state index < -0.39 is 0 Å². The first kappa shape index (κ1) is 22.2. The lowest BCUT2D eigenvalue weighted by molar-refractivity contribution is -0.132. The van der Waals surface area contributed by atoms with Gasteiger partial charge in [-0.3, -0.25) is 4.79 Å². The Hall–Kier alpha value is -2.10. The molecule has 7 nitrogen and oxygen atoms in total. The minimum Gasteiger partial charge on any atom is -0.357 e. The van der Waals surface area contributed by atoms with E-state index >= 15 is 0 Å². The zero-order valence-corrected chi connectivity index (χ0v) is 18.8. The number of hydrogen-bond acceptors (Lipinski definition) is 3. The van der Waals surface area contributed by atoms with E-state index in [2.05, 4.69) is 32.3 Å². The number of piperidine rings is 1. The van der Waals surface area contributed by atoms with E-state index in [9.17, 15) is 4.79 Å². The molecule has 1 aromatic carbocycles. The molecule has 2 heterocycles. The summed E-state index contributed by atoms with van der Waals surface area (Å²) >= 11 is 0. The van der Waals surface area contributed by atoms with Crippen molar-refractivity contribution >= 4 is 35.8 Å². The first-order valence-corrected chi connectivity index (χ1v) is 9.48. The molecule has 1 atom stereocenters. The molecule has 0 bridgehead atoms. The van der Waals surface area contributed by atoms with Crippen LogP contribution in [0, 0.1) is 0 Å². The maximum Gasteiger partial charge on any atom is 0.222 e. The topological polar surface area (TPSA) is 74.5 Å². The van der Waals surface area contributed by atoms with E-state index in [1.165, 1.54) is 5.56 Å². The summed E-state index contributed by atoms with van der Waals surface area (Å²) in [4.78, 5) is 22.6. The van der Waals surface area contributed by atoms with Gasteiger partial charge >= 0.3 is 0 Å². The molecule has 1 fully saturated rings. The van der Waals surface area contributed by atoms with Crippen LogP contribution >= 0.6 is 24.0 Å². The van der Waals surface area contributed by atoms with Crippen LogP contribution in [0.5, 0.6) is 0 Å². The summed E-state index contributed by atoms with van der Waals surface area (Å²) < 4.78 is 2.12. The molecule has 8 heteroatoms. The van der Waals surface area contributed by atoms with Crippen LogP contribution in [0.2, 0.25) is 0 Å². The first-order valence-electron chi connectivity index (χ1n) is 9.48. The van der Waals surface area contributed by atoms with Gasteiger partial charge in [0.15, 0.2) is 5.96 Å². The average molecular weight is 496 g/mol. The van der Waals surface area contributed by atoms with Crippen LogP contribution < -0.4 is 10.6 Å². The number of nitrogens with zero attached hydrogens (tertiary/aromatic N) is 4. The third-order valence-electron chi connectivity index (χ3n) is 4.69. The van der Waals surface area contributed by atoms with E-state index in [0.29, 0.717) is 19.5 Å². The Labute approximate surface area is 183 Å². The van der Waals surface area contributed by atoms with Crippen molar-refractivity contribution < 1.29 is 4.79 Å². The number of carbonyl (C=O) groups excluding carboxylic acids is 1. The number of halogens is 1. The molecule has 28 heavy (non-hydrogen) atoms. The highest BCUT2D eigenvalue weighted by Crippen LogP contribution is 2.10. The number of benzene rings is 1. The summed E-state index contributed by atoms with van der Waals surface area (Å²) in [5.41, 5.74) is 1.24. The highest BCUT2D eigenvalue weighted by atomic mass is 127. The van der Waals surface area contributed by atoms with Crippen molar-refractivity contribution in [3.63, 3.8) is 0 Å². The van der Waals surface area contributed by atoms with Gasteiger partial charge in [-0.05, 0) is 18.9 Å². The Morgan fingerprint density at radius 3 is 2.82 bits per heavy atom. The smallest absolute Gasteiger partial charge is 0.222 e. The van der Waals surface area contributed by atoms with E-state index in [1.807, 2.05) is 44.6 Å². The molecule has 1 aromatic heterocycles. The molecular formula is C20H29IN6O. The second kappa shape index (κ2) is 11.0. The lowest BCUT2D eigenvalue weighted by Crippen LogP contribution is -2.51. The van der Waals surface area contributed by atoms with Crippen molar-refractivity contribution in [2.75, 3.05) is 20.1 Å². The fourth-order valence-corrected chi connectivity index (χ4v) is 3.21. The molecule has 1 aliphatic heterocycles. The van der Waals surface area contributed by atoms with E-state index in [-0.39, 0.29) is 35.9 Å². The lowest BCUT2D eigenvalue weighted by atomic mass is 10.1. The third-order valence-corrected chi connectivity index (χ3v) is 4.69. The van der Waals surface area contributed by atoms with Gasteiger partial charge in [0.25, 0.3) is 0 Å². The molecule has 1 amide bonds. The Morgan fingerprint density at radius 1 is 1.32 bits per heavy atom. The first-order chi connectivity index (χ1) is 13.2. The molecule has 1 unspecified atom stereocenters. The van der Waals surface area contributed by atoms with Gasteiger partial charge in [0.1, 0.15) is 12.4 Å². The van der Waals surface area contributed by atoms with Crippen molar-refractivity contribution in [3.05, 3.63) is 54.1 Å². The maximum atomic E-state index is 11.7. The number of guanidine groups is 1. The summed E-state index contributed by atoms with van der Waals surface area (Å²) in [5, 5.41) is 6.73. The van der Waals surface area contributed by atoms with E-state index in [4.69, 9.17) is 4.99 Å². The number of aliphatic imine (C=N–C) groups is 1. The van der Waals surface area contributed by atoms with Crippen molar-refractivity contribution in [2.24, 2.45) is 4.99 Å². The molecule has 0 spiro atoms. The lowest BCUT2D eigenvalue weighted by Gasteiger charge is -2.31. The molecule has 1 saturated heterocycles. The molecule has 2 N–H and O–H groups in total. The Bertz CT molecular complexity index is 776. The number of aromatic nitrogens is 2. The monoisotopic (exact) mass is 496 g/mol. The molecule has 0 radical (unpaired) electrons. The number of likely N-dealkylation sites (tertiary alicyclic amines) is 1. The predicted molar refractivity (Wildman–Crippen MR) is 122 cm³/mol. The summed E-state index contributed by atoms with van der Waals surface area (Å²) in [6, 6.07) is 10.5. The normalized spacial score (nSPS) is 17.2. The molecule has 1 aliphatic rings. The number of rotatable bonds is 6. The number of hydrogen-bond donors (Lipinski definition) is 2. The van der Waals surface area contributed by atoms with Crippen molar-refractivity contribution in [2.45, 2.75) is 38.9 Å². The second-order valence-corrected chi connectivity index (χ2v) is 6.81. The van der Waals surface area contributed by atoms with Gasteiger partial charge in [0.05, 0.1) is 0 Å². The van der Waals surface area contributed by atoms with Crippen molar-refractivity contribution in [3.8, 4) is 0 Å². The van der Waals surface area contributed by atoms with Gasteiger partial charge in [-0.25, -0.2) is 9.98 Å². The highest BCUT2D eigenvalue weighted by molar-refractivity contribution is 14.0. The summed E-state index contributed by atoms with van der Waals surface area (Å²) in [6.07, 6.45) is 5.21. The van der Waals surface area contributed by atoms with Gasteiger partial charge in [0.2, 0.25) is 5.91 Å². The van der Waals surface area contributed by atoms with Crippen LogP contribution in [0.25, 0.3) is 0 Å². The van der Waals surface area contributed by atoms with Crippen molar-refractivity contribution in [1.82, 2.24) is 25.1 Å². The second-order valence-electron chi connectivity index (χ2n) is 6.81. The summed E-state index contributed by atoms with van der Waals surface area (Å²) in [7, 11) is 1.85. The highest BCUT2D eigenvalue weighted by Gasteiger charge is 2.23. The van der Waals surface area contributed by atoms with Gasteiger partial charge in [-0.15, -0.1) is 24.0 Å². The van der Waals surface area contributed by atoms with Gasteiger partial charge in [-0.1, -0.05) is 30.3 Å². The van der Waals surface area contributed by atoms with Crippen LogP contribution in [0.15, 0.2) is 47.7 Å². The fourth-order valence-electron chi connectivity index (χ4n) is 3.21. The number of likely N-dealkylation sites (N-methyl/N-ethyl adjacent to an activating group) is 1. The molecule has 3 rings (SSSR count). The van der Waals surface area contributed by atoms with E-state index in [0.717, 1.165) is 31.3 Å². The molecule has 0 saturated carbocycles. The number of nitrogens with one attached hydrogen (secondary N) is 2. The summed E-state index contributed by atoms with van der Waals surface area (Å²) in [6.45, 7) is 4.81. The molecule has 152 valence electrons. The van der Waals surface area contributed by atoms with Gasteiger partial charge in [0, 0.05) is 51.5 Å². The van der Waals surface area contributed by atoms with Gasteiger partial charge < -0.3 is 20.1 Å². The quantitative estimate of drug-likeness (QED) is 0.366. The maximum absolute atomic E-state index is 11.7. The predicted octanol–water partition coefficient (Wildman–Crippen LogP) is 2.23. The third kappa shape index (κ3) is 6.22. The van der Waals surface area contributed by atoms with Crippen LogP contribution in [-0.2, 0) is 17.9 Å². The molecule has 0 aliphatic carbocycles. The largest absolute Gasteiger partial charge is 0.357 e. The number of imidazole rings is 1. The van der Waals surface area contributed by atoms with Crippen molar-refractivity contribution in [1.29, 1.82) is 0 Å². The fraction of sp³-hybridized carbons (Fsp3) is 0.450.